The molecule has 0 amide bonds. The minimum atomic E-state index is 0.381. The van der Waals surface area contributed by atoms with Crippen molar-refractivity contribution in [2.45, 2.75) is 40.0 Å². The lowest BCUT2D eigenvalue weighted by atomic mass is 9.97. The van der Waals surface area contributed by atoms with Crippen LogP contribution in [0.15, 0.2) is 30.6 Å². The summed E-state index contributed by atoms with van der Waals surface area (Å²) < 4.78 is 0. The molecule has 0 saturated carbocycles. The van der Waals surface area contributed by atoms with Gasteiger partial charge in [0, 0.05) is 17.7 Å². The molecule has 20 heavy (non-hydrogen) atoms. The van der Waals surface area contributed by atoms with Crippen molar-refractivity contribution < 1.29 is 0 Å². The number of nitrogens with one attached hydrogen (secondary N) is 1. The number of benzene rings is 1. The Morgan fingerprint density at radius 1 is 1.10 bits per heavy atom. The zero-order valence-electron chi connectivity index (χ0n) is 12.8. The molecule has 0 fully saturated rings. The maximum atomic E-state index is 4.52. The van der Waals surface area contributed by atoms with E-state index in [1.165, 1.54) is 11.1 Å². The zero-order valence-corrected chi connectivity index (χ0v) is 12.8. The first-order valence-corrected chi connectivity index (χ1v) is 7.29. The van der Waals surface area contributed by atoms with Gasteiger partial charge >= 0.3 is 0 Å². The minimum Gasteiger partial charge on any atom is -0.370 e. The van der Waals surface area contributed by atoms with Gasteiger partial charge in [0.05, 0.1) is 5.69 Å². The fourth-order valence-corrected chi connectivity index (χ4v) is 2.27. The second-order valence-electron chi connectivity index (χ2n) is 5.43. The summed E-state index contributed by atoms with van der Waals surface area (Å²) >= 11 is 0. The highest BCUT2D eigenvalue weighted by molar-refractivity contribution is 5.69. The van der Waals surface area contributed by atoms with Crippen LogP contribution in [0.4, 0.5) is 5.82 Å². The Bertz CT molecular complexity index is 559. The molecule has 0 aliphatic heterocycles. The second-order valence-corrected chi connectivity index (χ2v) is 5.43. The SMILES string of the molecule is CCCNc1ncnc(-c2ccc(C)cc2)c1C(C)C. The first-order chi connectivity index (χ1) is 9.63. The number of aromatic nitrogens is 2. The van der Waals surface area contributed by atoms with Crippen molar-refractivity contribution in [2.24, 2.45) is 0 Å². The van der Waals surface area contributed by atoms with E-state index in [2.05, 4.69) is 67.2 Å². The van der Waals surface area contributed by atoms with Crippen molar-refractivity contribution in [3.63, 3.8) is 0 Å². The molecule has 0 bridgehead atoms. The Morgan fingerprint density at radius 3 is 2.40 bits per heavy atom. The number of rotatable bonds is 5. The van der Waals surface area contributed by atoms with Crippen LogP contribution in [0.1, 0.15) is 44.2 Å². The summed E-state index contributed by atoms with van der Waals surface area (Å²) in [6.45, 7) is 9.57. The van der Waals surface area contributed by atoms with E-state index < -0.39 is 0 Å². The molecule has 0 saturated heterocycles. The van der Waals surface area contributed by atoms with Crippen LogP contribution in [0.5, 0.6) is 0 Å². The van der Waals surface area contributed by atoms with Crippen LogP contribution >= 0.6 is 0 Å². The van der Waals surface area contributed by atoms with E-state index in [0.717, 1.165) is 30.0 Å². The van der Waals surface area contributed by atoms with Crippen LogP contribution in [-0.4, -0.2) is 16.5 Å². The van der Waals surface area contributed by atoms with Crippen LogP contribution in [0, 0.1) is 6.92 Å². The van der Waals surface area contributed by atoms with Crippen LogP contribution < -0.4 is 5.32 Å². The lowest BCUT2D eigenvalue weighted by molar-refractivity contribution is 0.844. The van der Waals surface area contributed by atoms with E-state index >= 15 is 0 Å². The summed E-state index contributed by atoms with van der Waals surface area (Å²) in [7, 11) is 0. The molecule has 0 spiro atoms. The maximum Gasteiger partial charge on any atom is 0.133 e. The molecular formula is C17H23N3. The smallest absolute Gasteiger partial charge is 0.133 e. The van der Waals surface area contributed by atoms with E-state index in [1.54, 1.807) is 6.33 Å². The molecule has 3 heteroatoms. The molecule has 0 radical (unpaired) electrons. The van der Waals surface area contributed by atoms with Crippen molar-refractivity contribution in [1.29, 1.82) is 0 Å². The number of anilines is 1. The molecule has 0 aliphatic carbocycles. The average molecular weight is 269 g/mol. The highest BCUT2D eigenvalue weighted by Crippen LogP contribution is 2.31. The van der Waals surface area contributed by atoms with Gasteiger partial charge in [-0.15, -0.1) is 0 Å². The highest BCUT2D eigenvalue weighted by atomic mass is 15.0. The molecule has 1 heterocycles. The molecule has 1 N–H and O–H groups in total. The average Bonchev–Trinajstić information content (AvgIpc) is 2.45. The van der Waals surface area contributed by atoms with Crippen LogP contribution in [0.2, 0.25) is 0 Å². The minimum absolute atomic E-state index is 0.381. The summed E-state index contributed by atoms with van der Waals surface area (Å²) in [5.74, 6) is 1.35. The summed E-state index contributed by atoms with van der Waals surface area (Å²) in [6, 6.07) is 8.52. The molecule has 1 aromatic carbocycles. The van der Waals surface area contributed by atoms with Crippen LogP contribution in [0.3, 0.4) is 0 Å². The van der Waals surface area contributed by atoms with Gasteiger partial charge in [0.2, 0.25) is 0 Å². The topological polar surface area (TPSA) is 37.8 Å². The van der Waals surface area contributed by atoms with Crippen molar-refractivity contribution in [3.05, 3.63) is 41.7 Å². The molecule has 0 atom stereocenters. The Kier molecular flexibility index (Phi) is 4.72. The Balaban J connectivity index is 2.49. The molecule has 3 nitrogen and oxygen atoms in total. The summed E-state index contributed by atoms with van der Waals surface area (Å²) in [4.78, 5) is 8.94. The predicted octanol–water partition coefficient (Wildman–Crippen LogP) is 4.40. The summed E-state index contributed by atoms with van der Waals surface area (Å²) in [6.07, 6.45) is 2.74. The van der Waals surface area contributed by atoms with E-state index in [0.29, 0.717) is 5.92 Å². The maximum absolute atomic E-state index is 4.52. The Morgan fingerprint density at radius 2 is 1.80 bits per heavy atom. The molecule has 2 aromatic rings. The first kappa shape index (κ1) is 14.5. The van der Waals surface area contributed by atoms with Crippen molar-refractivity contribution >= 4 is 5.82 Å². The normalized spacial score (nSPS) is 10.8. The van der Waals surface area contributed by atoms with Gasteiger partial charge in [0.25, 0.3) is 0 Å². The monoisotopic (exact) mass is 269 g/mol. The quantitative estimate of drug-likeness (QED) is 0.874. The van der Waals surface area contributed by atoms with Crippen molar-refractivity contribution in [1.82, 2.24) is 9.97 Å². The third-order valence-corrected chi connectivity index (χ3v) is 3.33. The van der Waals surface area contributed by atoms with E-state index in [1.807, 2.05) is 0 Å². The molecule has 1 aromatic heterocycles. The standard InChI is InChI=1S/C17H23N3/c1-5-10-18-17-15(12(2)3)16(19-11-20-17)14-8-6-13(4)7-9-14/h6-9,11-12H,5,10H2,1-4H3,(H,18,19,20). The van der Waals surface area contributed by atoms with Gasteiger partial charge in [-0.2, -0.15) is 0 Å². The van der Waals surface area contributed by atoms with Gasteiger partial charge in [-0.05, 0) is 19.3 Å². The van der Waals surface area contributed by atoms with Gasteiger partial charge in [0.15, 0.2) is 0 Å². The number of aryl methyl sites for hydroxylation is 1. The Hall–Kier alpha value is -1.90. The third kappa shape index (κ3) is 3.16. The largest absolute Gasteiger partial charge is 0.370 e. The van der Waals surface area contributed by atoms with Gasteiger partial charge in [-0.3, -0.25) is 0 Å². The molecule has 2 rings (SSSR count). The lowest BCUT2D eigenvalue weighted by Gasteiger charge is -2.17. The number of nitrogens with zero attached hydrogens (tertiary/aromatic N) is 2. The van der Waals surface area contributed by atoms with E-state index in [4.69, 9.17) is 0 Å². The molecule has 106 valence electrons. The van der Waals surface area contributed by atoms with Gasteiger partial charge in [0.1, 0.15) is 12.1 Å². The third-order valence-electron chi connectivity index (χ3n) is 3.33. The van der Waals surface area contributed by atoms with Gasteiger partial charge < -0.3 is 5.32 Å². The van der Waals surface area contributed by atoms with Gasteiger partial charge in [-0.25, -0.2) is 9.97 Å². The van der Waals surface area contributed by atoms with Gasteiger partial charge in [-0.1, -0.05) is 50.6 Å². The number of hydrogen-bond donors (Lipinski definition) is 1. The Labute approximate surface area is 121 Å². The molecule has 0 aliphatic rings. The van der Waals surface area contributed by atoms with Crippen LogP contribution in [0.25, 0.3) is 11.3 Å². The van der Waals surface area contributed by atoms with Crippen LogP contribution in [-0.2, 0) is 0 Å². The zero-order chi connectivity index (χ0) is 14.5. The molecular weight excluding hydrogens is 246 g/mol. The second kappa shape index (κ2) is 6.51. The molecule has 0 unspecified atom stereocenters. The summed E-state index contributed by atoms with van der Waals surface area (Å²) in [5, 5.41) is 3.41. The lowest BCUT2D eigenvalue weighted by Crippen LogP contribution is -2.08. The fourth-order valence-electron chi connectivity index (χ4n) is 2.27. The summed E-state index contributed by atoms with van der Waals surface area (Å²) in [5.41, 5.74) is 4.65. The van der Waals surface area contributed by atoms with E-state index in [9.17, 15) is 0 Å². The fraction of sp³-hybridized carbons (Fsp3) is 0.412. The highest BCUT2D eigenvalue weighted by Gasteiger charge is 2.15. The van der Waals surface area contributed by atoms with E-state index in [-0.39, 0.29) is 0 Å². The number of hydrogen-bond acceptors (Lipinski definition) is 3. The first-order valence-electron chi connectivity index (χ1n) is 7.29. The van der Waals surface area contributed by atoms with Crippen molar-refractivity contribution in [2.75, 3.05) is 11.9 Å². The predicted molar refractivity (Wildman–Crippen MR) is 85.1 cm³/mol. The van der Waals surface area contributed by atoms with Crippen molar-refractivity contribution in [3.8, 4) is 11.3 Å².